The van der Waals surface area contributed by atoms with Crippen molar-refractivity contribution in [2.45, 2.75) is 52.0 Å². The highest BCUT2D eigenvalue weighted by Gasteiger charge is 2.27. The molecule has 0 radical (unpaired) electrons. The van der Waals surface area contributed by atoms with E-state index in [2.05, 4.69) is 10.0 Å². The zero-order chi connectivity index (χ0) is 24.9. The Morgan fingerprint density at radius 3 is 2.15 bits per heavy atom. The smallest absolute Gasteiger partial charge is 0.242 e. The molecule has 0 heterocycles. The van der Waals surface area contributed by atoms with Crippen molar-refractivity contribution in [3.8, 4) is 5.75 Å². The Balaban J connectivity index is 1.91. The maximum Gasteiger partial charge on any atom is 0.242 e. The van der Waals surface area contributed by atoms with E-state index in [-0.39, 0.29) is 11.3 Å². The predicted octanol–water partition coefficient (Wildman–Crippen LogP) is 4.85. The number of aryl methyl sites for hydroxylation is 4. The Hall–Kier alpha value is -3.16. The predicted molar refractivity (Wildman–Crippen MR) is 136 cm³/mol. The largest absolute Gasteiger partial charge is 0.494 e. The van der Waals surface area contributed by atoms with Gasteiger partial charge in [-0.15, -0.1) is 0 Å². The molecule has 0 aliphatic carbocycles. The van der Waals surface area contributed by atoms with Crippen LogP contribution in [0, 0.1) is 27.7 Å². The van der Waals surface area contributed by atoms with Gasteiger partial charge in [0.25, 0.3) is 0 Å². The molecule has 6 nitrogen and oxygen atoms in total. The molecule has 0 spiro atoms. The van der Waals surface area contributed by atoms with E-state index in [0.29, 0.717) is 23.6 Å². The van der Waals surface area contributed by atoms with Crippen LogP contribution in [-0.4, -0.2) is 27.0 Å². The molecule has 2 N–H and O–H groups in total. The second-order valence-corrected chi connectivity index (χ2v) is 10.2. The van der Waals surface area contributed by atoms with Gasteiger partial charge in [-0.05, 0) is 81.5 Å². The lowest BCUT2D eigenvalue weighted by Gasteiger charge is -2.21. The summed E-state index contributed by atoms with van der Waals surface area (Å²) < 4.78 is 34.7. The van der Waals surface area contributed by atoms with Gasteiger partial charge in [0.1, 0.15) is 11.8 Å². The van der Waals surface area contributed by atoms with E-state index in [1.165, 1.54) is 6.07 Å². The van der Waals surface area contributed by atoms with E-state index in [4.69, 9.17) is 4.74 Å². The number of rotatable bonds is 9. The lowest BCUT2D eigenvalue weighted by Crippen LogP contribution is -2.45. The van der Waals surface area contributed by atoms with Gasteiger partial charge in [0.05, 0.1) is 11.5 Å². The van der Waals surface area contributed by atoms with Gasteiger partial charge in [-0.2, -0.15) is 4.72 Å². The Labute approximate surface area is 202 Å². The van der Waals surface area contributed by atoms with Crippen LogP contribution in [0.25, 0.3) is 0 Å². The third kappa shape index (κ3) is 6.24. The molecule has 0 aliphatic heterocycles. The molecule has 3 aromatic rings. The summed E-state index contributed by atoms with van der Waals surface area (Å²) in [5, 5.41) is 2.95. The van der Waals surface area contributed by atoms with Gasteiger partial charge in [-0.3, -0.25) is 4.79 Å². The SMILES string of the molecule is CCOc1ccc(S(=O)(=O)N[C@H](Cc2ccccc2)C(=O)Nc2c(C)cc(C)cc2C)cc1C. The van der Waals surface area contributed by atoms with Crippen LogP contribution in [0.2, 0.25) is 0 Å². The monoisotopic (exact) mass is 480 g/mol. The van der Waals surface area contributed by atoms with Crippen molar-refractivity contribution in [3.63, 3.8) is 0 Å². The van der Waals surface area contributed by atoms with E-state index in [1.54, 1.807) is 19.1 Å². The van der Waals surface area contributed by atoms with Crippen molar-refractivity contribution in [3.05, 3.63) is 88.5 Å². The minimum absolute atomic E-state index is 0.0852. The molecule has 3 aromatic carbocycles. The molecule has 1 amide bonds. The van der Waals surface area contributed by atoms with E-state index in [0.717, 1.165) is 22.3 Å². The van der Waals surface area contributed by atoms with Crippen LogP contribution >= 0.6 is 0 Å². The van der Waals surface area contributed by atoms with Crippen molar-refractivity contribution in [1.29, 1.82) is 0 Å². The van der Waals surface area contributed by atoms with E-state index in [1.807, 2.05) is 70.2 Å². The molecule has 1 atom stereocenters. The molecule has 0 bridgehead atoms. The average molecular weight is 481 g/mol. The maximum absolute atomic E-state index is 13.4. The van der Waals surface area contributed by atoms with Gasteiger partial charge in [-0.25, -0.2) is 8.42 Å². The number of benzene rings is 3. The molecule has 0 fully saturated rings. The lowest BCUT2D eigenvalue weighted by atomic mass is 10.0. The van der Waals surface area contributed by atoms with Crippen molar-refractivity contribution in [2.24, 2.45) is 0 Å². The molecule has 7 heteroatoms. The summed E-state index contributed by atoms with van der Waals surface area (Å²) in [4.78, 5) is 13.4. The van der Waals surface area contributed by atoms with E-state index in [9.17, 15) is 13.2 Å². The summed E-state index contributed by atoms with van der Waals surface area (Å²) in [6.45, 7) is 10.00. The first-order chi connectivity index (χ1) is 16.1. The van der Waals surface area contributed by atoms with Crippen LogP contribution in [-0.2, 0) is 21.2 Å². The topological polar surface area (TPSA) is 84.5 Å². The number of sulfonamides is 1. The number of carbonyl (C=O) groups is 1. The lowest BCUT2D eigenvalue weighted by molar-refractivity contribution is -0.117. The summed E-state index contributed by atoms with van der Waals surface area (Å²) in [5.74, 6) is 0.218. The van der Waals surface area contributed by atoms with Crippen molar-refractivity contribution in [1.82, 2.24) is 4.72 Å². The minimum Gasteiger partial charge on any atom is -0.494 e. The first-order valence-corrected chi connectivity index (χ1v) is 12.8. The molecule has 0 saturated carbocycles. The Morgan fingerprint density at radius 1 is 0.912 bits per heavy atom. The fourth-order valence-electron chi connectivity index (χ4n) is 3.99. The van der Waals surface area contributed by atoms with Crippen LogP contribution in [0.15, 0.2) is 65.6 Å². The van der Waals surface area contributed by atoms with Gasteiger partial charge < -0.3 is 10.1 Å². The summed E-state index contributed by atoms with van der Waals surface area (Å²) in [7, 11) is -3.96. The molecular formula is C27H32N2O4S. The van der Waals surface area contributed by atoms with Gasteiger partial charge in [0, 0.05) is 5.69 Å². The summed E-state index contributed by atoms with van der Waals surface area (Å²) in [5.41, 5.74) is 5.21. The van der Waals surface area contributed by atoms with Crippen molar-refractivity contribution in [2.75, 3.05) is 11.9 Å². The standard InChI is InChI=1S/C27H32N2O4S/c1-6-33-25-13-12-23(16-19(25)3)34(31,32)29-24(17-22-10-8-7-9-11-22)27(30)28-26-20(4)14-18(2)15-21(26)5/h7-16,24,29H,6,17H2,1-5H3,(H,28,30)/t24-/m1/s1. The van der Waals surface area contributed by atoms with E-state index < -0.39 is 22.0 Å². The second-order valence-electron chi connectivity index (χ2n) is 8.49. The molecule has 0 aliphatic rings. The zero-order valence-corrected chi connectivity index (χ0v) is 21.1. The first kappa shape index (κ1) is 25.5. The number of carbonyl (C=O) groups excluding carboxylic acids is 1. The minimum atomic E-state index is -3.96. The van der Waals surface area contributed by atoms with Gasteiger partial charge >= 0.3 is 0 Å². The number of hydrogen-bond acceptors (Lipinski definition) is 4. The molecule has 0 saturated heterocycles. The fourth-order valence-corrected chi connectivity index (χ4v) is 5.27. The Bertz CT molecular complexity index is 1250. The number of anilines is 1. The Morgan fingerprint density at radius 2 is 1.56 bits per heavy atom. The third-order valence-electron chi connectivity index (χ3n) is 5.58. The van der Waals surface area contributed by atoms with Crippen LogP contribution in [0.5, 0.6) is 5.75 Å². The average Bonchev–Trinajstić information content (AvgIpc) is 2.77. The Kier molecular flexibility index (Phi) is 8.12. The molecule has 180 valence electrons. The van der Waals surface area contributed by atoms with Gasteiger partial charge in [0.2, 0.25) is 15.9 Å². The van der Waals surface area contributed by atoms with Crippen LogP contribution in [0.3, 0.4) is 0 Å². The van der Waals surface area contributed by atoms with Crippen molar-refractivity contribution >= 4 is 21.6 Å². The van der Waals surface area contributed by atoms with Crippen LogP contribution in [0.4, 0.5) is 5.69 Å². The number of amides is 1. The summed E-state index contributed by atoms with van der Waals surface area (Å²) in [6, 6.07) is 17.0. The van der Waals surface area contributed by atoms with Gasteiger partial charge in [-0.1, -0.05) is 48.0 Å². The molecule has 34 heavy (non-hydrogen) atoms. The van der Waals surface area contributed by atoms with E-state index >= 15 is 0 Å². The first-order valence-electron chi connectivity index (χ1n) is 11.3. The quantitative estimate of drug-likeness (QED) is 0.459. The number of hydrogen-bond donors (Lipinski definition) is 2. The normalized spacial score (nSPS) is 12.3. The highest BCUT2D eigenvalue weighted by molar-refractivity contribution is 7.89. The van der Waals surface area contributed by atoms with Crippen molar-refractivity contribution < 1.29 is 17.9 Å². The summed E-state index contributed by atoms with van der Waals surface area (Å²) >= 11 is 0. The fraction of sp³-hybridized carbons (Fsp3) is 0.296. The third-order valence-corrected chi connectivity index (χ3v) is 7.05. The number of ether oxygens (including phenoxy) is 1. The molecule has 3 rings (SSSR count). The van der Waals surface area contributed by atoms with Crippen LogP contribution in [0.1, 0.15) is 34.7 Å². The zero-order valence-electron chi connectivity index (χ0n) is 20.3. The van der Waals surface area contributed by atoms with Gasteiger partial charge in [0.15, 0.2) is 0 Å². The molecule has 0 unspecified atom stereocenters. The second kappa shape index (κ2) is 10.8. The number of nitrogens with one attached hydrogen (secondary N) is 2. The summed E-state index contributed by atoms with van der Waals surface area (Å²) in [6.07, 6.45) is 0.214. The van der Waals surface area contributed by atoms with Crippen LogP contribution < -0.4 is 14.8 Å². The highest BCUT2D eigenvalue weighted by Crippen LogP contribution is 2.24. The highest BCUT2D eigenvalue weighted by atomic mass is 32.2. The maximum atomic E-state index is 13.4. The molecular weight excluding hydrogens is 448 g/mol. The molecule has 0 aromatic heterocycles.